The second-order valence-corrected chi connectivity index (χ2v) is 6.80. The van der Waals surface area contributed by atoms with E-state index in [2.05, 4.69) is 6.92 Å². The molecule has 0 aromatic heterocycles. The van der Waals surface area contributed by atoms with Gasteiger partial charge in [0, 0.05) is 0 Å². The van der Waals surface area contributed by atoms with Gasteiger partial charge in [-0.3, -0.25) is 0 Å². The van der Waals surface area contributed by atoms with Gasteiger partial charge in [-0.2, -0.15) is 0 Å². The molecular weight excluding hydrogens is 219 g/mol. The molecule has 0 rings (SSSR count). The molecule has 0 amide bonds. The molecule has 0 saturated carbocycles. The second-order valence-electron chi connectivity index (χ2n) is 5.24. The van der Waals surface area contributed by atoms with Crippen molar-refractivity contribution in [1.29, 1.82) is 0 Å². The average Bonchev–Trinajstić information content (AvgIpc) is 2.31. The summed E-state index contributed by atoms with van der Waals surface area (Å²) < 4.78 is 1.56. The SMILES string of the molecule is CCCCCCCCCCCCCC[CH2][K]. The fraction of sp³-hybridized carbons (Fsp3) is 1.00. The Balaban J connectivity index is 2.83. The zero-order valence-corrected chi connectivity index (χ0v) is 15.0. The molecule has 0 aromatic rings. The molecule has 1 heteroatoms. The fourth-order valence-corrected chi connectivity index (χ4v) is 3.05. The number of hydrogen-bond acceptors (Lipinski definition) is 0. The van der Waals surface area contributed by atoms with E-state index in [-0.39, 0.29) is 0 Å². The summed E-state index contributed by atoms with van der Waals surface area (Å²) in [4.78, 5) is 0. The van der Waals surface area contributed by atoms with E-state index < -0.39 is 0 Å². The van der Waals surface area contributed by atoms with E-state index in [1.165, 1.54) is 83.5 Å². The summed E-state index contributed by atoms with van der Waals surface area (Å²) in [5.41, 5.74) is 0. The first-order chi connectivity index (χ1) is 7.91. The molecule has 0 bridgehead atoms. The van der Waals surface area contributed by atoms with Gasteiger partial charge in [-0.15, -0.1) is 0 Å². The predicted molar refractivity (Wildman–Crippen MR) is 76.3 cm³/mol. The van der Waals surface area contributed by atoms with E-state index in [0.717, 1.165) is 49.0 Å². The number of rotatable bonds is 13. The Hall–Kier alpha value is 1.64. The van der Waals surface area contributed by atoms with Crippen LogP contribution in [-0.4, -0.2) is 49.0 Å². The minimum absolute atomic E-state index is 1.10. The van der Waals surface area contributed by atoms with Crippen LogP contribution >= 0.6 is 0 Å². The van der Waals surface area contributed by atoms with Gasteiger partial charge >= 0.3 is 120 Å². The molecule has 0 heterocycles. The molecule has 0 unspecified atom stereocenters. The van der Waals surface area contributed by atoms with Gasteiger partial charge in [0.05, 0.1) is 0 Å². The molecule has 0 aliphatic heterocycles. The monoisotopic (exact) mass is 250 g/mol. The summed E-state index contributed by atoms with van der Waals surface area (Å²) in [7, 11) is 0. The van der Waals surface area contributed by atoms with Gasteiger partial charge in [0.25, 0.3) is 0 Å². The Bertz CT molecular complexity index is 98.0. The number of hydrogen-bond donors (Lipinski definition) is 0. The third kappa shape index (κ3) is 15.6. The van der Waals surface area contributed by atoms with Crippen LogP contribution in [0, 0.1) is 0 Å². The molecule has 0 aliphatic rings. The first-order valence-corrected chi connectivity index (χ1v) is 10.1. The minimum atomic E-state index is 1.10. The summed E-state index contributed by atoms with van der Waals surface area (Å²) in [5, 5.41) is 0. The molecule has 0 fully saturated rings. The molecule has 0 aromatic carbocycles. The van der Waals surface area contributed by atoms with Crippen molar-refractivity contribution >= 4 is 49.0 Å². The Labute approximate surface area is 138 Å². The second kappa shape index (κ2) is 16.6. The van der Waals surface area contributed by atoms with E-state index in [4.69, 9.17) is 0 Å². The van der Waals surface area contributed by atoms with Crippen LogP contribution in [0.4, 0.5) is 0 Å². The molecule has 16 heavy (non-hydrogen) atoms. The van der Waals surface area contributed by atoms with Crippen molar-refractivity contribution in [2.45, 2.75) is 90.9 Å². The predicted octanol–water partition coefficient (Wildman–Crippen LogP) is 5.66. The van der Waals surface area contributed by atoms with Crippen molar-refractivity contribution in [3.8, 4) is 0 Å². The third-order valence-corrected chi connectivity index (χ3v) is 4.56. The van der Waals surface area contributed by atoms with Crippen LogP contribution in [0.15, 0.2) is 0 Å². The van der Waals surface area contributed by atoms with Crippen LogP contribution in [0.25, 0.3) is 0 Å². The third-order valence-electron chi connectivity index (χ3n) is 3.46. The molecule has 0 aliphatic carbocycles. The summed E-state index contributed by atoms with van der Waals surface area (Å²) >= 11 is 1.10. The van der Waals surface area contributed by atoms with Gasteiger partial charge < -0.3 is 0 Å². The summed E-state index contributed by atoms with van der Waals surface area (Å²) in [6.07, 6.45) is 19.3. The topological polar surface area (TPSA) is 0 Å². The molecule has 0 spiro atoms. The average molecular weight is 251 g/mol. The van der Waals surface area contributed by atoms with E-state index >= 15 is 0 Å². The standard InChI is InChI=1S/C15H31.K/c1-3-5-7-9-11-13-15-14-12-10-8-6-4-2;/h1,3-15H2,2H3;. The van der Waals surface area contributed by atoms with Gasteiger partial charge in [0.2, 0.25) is 0 Å². The zero-order chi connectivity index (χ0) is 11.9. The fourth-order valence-electron chi connectivity index (χ4n) is 2.27. The van der Waals surface area contributed by atoms with Crippen molar-refractivity contribution in [2.75, 3.05) is 0 Å². The van der Waals surface area contributed by atoms with Gasteiger partial charge in [-0.05, 0) is 0 Å². The molecule has 0 N–H and O–H groups in total. The van der Waals surface area contributed by atoms with Crippen molar-refractivity contribution in [3.05, 3.63) is 0 Å². The Morgan fingerprint density at radius 2 is 0.812 bits per heavy atom. The quantitative estimate of drug-likeness (QED) is 0.292. The van der Waals surface area contributed by atoms with E-state index in [9.17, 15) is 0 Å². The normalized spacial score (nSPS) is 10.9. The Morgan fingerprint density at radius 3 is 1.12 bits per heavy atom. The first kappa shape index (κ1) is 17.6. The van der Waals surface area contributed by atoms with Crippen molar-refractivity contribution in [1.82, 2.24) is 0 Å². The number of unbranched alkanes of at least 4 members (excludes halogenated alkanes) is 12. The maximum absolute atomic E-state index is 2.29. The van der Waals surface area contributed by atoms with E-state index in [0.29, 0.717) is 0 Å². The zero-order valence-electron chi connectivity index (χ0n) is 11.9. The van der Waals surface area contributed by atoms with Crippen LogP contribution in [-0.2, 0) is 0 Å². The Morgan fingerprint density at radius 1 is 0.500 bits per heavy atom. The first-order valence-electron chi connectivity index (χ1n) is 7.91. The Kier molecular flexibility index (Phi) is 18.3. The maximum atomic E-state index is 2.29. The molecule has 0 nitrogen and oxygen atoms in total. The van der Waals surface area contributed by atoms with Gasteiger partial charge in [0.1, 0.15) is 0 Å². The van der Waals surface area contributed by atoms with Gasteiger partial charge in [-0.1, -0.05) is 19.8 Å². The van der Waals surface area contributed by atoms with Crippen LogP contribution in [0.3, 0.4) is 0 Å². The van der Waals surface area contributed by atoms with Gasteiger partial charge in [0.15, 0.2) is 0 Å². The van der Waals surface area contributed by atoms with E-state index in [1.807, 2.05) is 0 Å². The van der Waals surface area contributed by atoms with Gasteiger partial charge in [-0.25, -0.2) is 0 Å². The summed E-state index contributed by atoms with van der Waals surface area (Å²) in [5.74, 6) is 0. The molecule has 0 saturated heterocycles. The van der Waals surface area contributed by atoms with Crippen LogP contribution in [0.1, 0.15) is 90.4 Å². The van der Waals surface area contributed by atoms with Crippen molar-refractivity contribution in [3.63, 3.8) is 0 Å². The van der Waals surface area contributed by atoms with E-state index in [1.54, 1.807) is 0.515 Å². The van der Waals surface area contributed by atoms with Crippen LogP contribution in [0.5, 0.6) is 0 Å². The van der Waals surface area contributed by atoms with Crippen LogP contribution < -0.4 is 0 Å². The summed E-state index contributed by atoms with van der Waals surface area (Å²) in [6.45, 7) is 2.29. The van der Waals surface area contributed by atoms with Crippen LogP contribution in [0.2, 0.25) is 0.515 Å². The molecule has 0 atom stereocenters. The van der Waals surface area contributed by atoms with Crippen molar-refractivity contribution in [2.24, 2.45) is 0 Å². The molecule has 0 radical (unpaired) electrons. The summed E-state index contributed by atoms with van der Waals surface area (Å²) in [6, 6.07) is 0. The molecular formula is C15H31K. The van der Waals surface area contributed by atoms with Crippen molar-refractivity contribution < 1.29 is 0 Å². The molecule has 92 valence electrons.